The highest BCUT2D eigenvalue weighted by atomic mass is 16.3. The summed E-state index contributed by atoms with van der Waals surface area (Å²) in [4.78, 5) is 23.3. The second-order valence-corrected chi connectivity index (χ2v) is 4.22. The van der Waals surface area contributed by atoms with Crippen molar-refractivity contribution in [1.29, 1.82) is 5.26 Å². The molecule has 0 radical (unpaired) electrons. The van der Waals surface area contributed by atoms with E-state index >= 15 is 0 Å². The van der Waals surface area contributed by atoms with Crippen LogP contribution >= 0.6 is 0 Å². The van der Waals surface area contributed by atoms with Gasteiger partial charge in [0.05, 0.1) is 17.9 Å². The van der Waals surface area contributed by atoms with Gasteiger partial charge in [0, 0.05) is 18.7 Å². The smallest absolute Gasteiger partial charge is 0.286 e. The molecule has 0 spiro atoms. The van der Waals surface area contributed by atoms with Crippen LogP contribution in [-0.2, 0) is 4.79 Å². The minimum atomic E-state index is -0.362. The summed E-state index contributed by atoms with van der Waals surface area (Å²) in [7, 11) is 0. The molecule has 0 saturated carbocycles. The Morgan fingerprint density at radius 2 is 2.10 bits per heavy atom. The van der Waals surface area contributed by atoms with Gasteiger partial charge in [-0.15, -0.1) is 0 Å². The van der Waals surface area contributed by atoms with Crippen LogP contribution in [0, 0.1) is 11.3 Å². The molecule has 21 heavy (non-hydrogen) atoms. The molecule has 1 aromatic heterocycles. The molecule has 1 aromatic carbocycles. The molecule has 106 valence electrons. The molecule has 2 aromatic rings. The van der Waals surface area contributed by atoms with Crippen LogP contribution in [0.5, 0.6) is 0 Å². The molecular weight excluding hydrogens is 270 g/mol. The Morgan fingerprint density at radius 3 is 2.81 bits per heavy atom. The van der Waals surface area contributed by atoms with Gasteiger partial charge in [0.25, 0.3) is 5.91 Å². The Labute approximate surface area is 121 Å². The van der Waals surface area contributed by atoms with E-state index in [0.717, 1.165) is 0 Å². The summed E-state index contributed by atoms with van der Waals surface area (Å²) >= 11 is 0. The zero-order valence-corrected chi connectivity index (χ0v) is 11.1. The van der Waals surface area contributed by atoms with Gasteiger partial charge >= 0.3 is 0 Å². The van der Waals surface area contributed by atoms with Crippen LogP contribution < -0.4 is 10.6 Å². The van der Waals surface area contributed by atoms with Crippen LogP contribution in [0.4, 0.5) is 5.69 Å². The molecule has 0 aliphatic rings. The molecule has 0 aliphatic carbocycles. The normalized spacial score (nSPS) is 9.67. The van der Waals surface area contributed by atoms with Gasteiger partial charge in [0.1, 0.15) is 0 Å². The van der Waals surface area contributed by atoms with Crippen molar-refractivity contribution in [3.63, 3.8) is 0 Å². The van der Waals surface area contributed by atoms with Crippen LogP contribution in [0.15, 0.2) is 47.1 Å². The first-order valence-electron chi connectivity index (χ1n) is 6.31. The van der Waals surface area contributed by atoms with E-state index in [4.69, 9.17) is 9.68 Å². The van der Waals surface area contributed by atoms with Gasteiger partial charge in [-0.1, -0.05) is 6.07 Å². The van der Waals surface area contributed by atoms with Crippen LogP contribution in [-0.4, -0.2) is 18.4 Å². The average Bonchev–Trinajstić information content (AvgIpc) is 3.01. The van der Waals surface area contributed by atoms with Crippen LogP contribution in [0.2, 0.25) is 0 Å². The first-order chi connectivity index (χ1) is 10.2. The second kappa shape index (κ2) is 6.91. The standard InChI is InChI=1S/C15H13N3O3/c16-10-11-3-1-4-12(9-11)18-14(19)6-7-17-15(20)13-5-2-8-21-13/h1-5,8-9H,6-7H2,(H,17,20)(H,18,19). The Morgan fingerprint density at radius 1 is 1.24 bits per heavy atom. The Bertz CT molecular complexity index is 672. The van der Waals surface area contributed by atoms with E-state index in [1.807, 2.05) is 6.07 Å². The van der Waals surface area contributed by atoms with Crippen molar-refractivity contribution >= 4 is 17.5 Å². The van der Waals surface area contributed by atoms with Crippen molar-refractivity contribution < 1.29 is 14.0 Å². The number of rotatable bonds is 5. The third-order valence-electron chi connectivity index (χ3n) is 2.66. The summed E-state index contributed by atoms with van der Waals surface area (Å²) < 4.78 is 4.93. The van der Waals surface area contributed by atoms with Crippen LogP contribution in [0.1, 0.15) is 22.5 Å². The molecule has 1 heterocycles. The maximum absolute atomic E-state index is 11.7. The zero-order valence-electron chi connectivity index (χ0n) is 11.1. The third-order valence-corrected chi connectivity index (χ3v) is 2.66. The van der Waals surface area contributed by atoms with Crippen molar-refractivity contribution in [2.24, 2.45) is 0 Å². The fourth-order valence-electron chi connectivity index (χ4n) is 1.67. The Hall–Kier alpha value is -3.07. The van der Waals surface area contributed by atoms with Crippen molar-refractivity contribution in [3.05, 3.63) is 54.0 Å². The van der Waals surface area contributed by atoms with E-state index in [0.29, 0.717) is 11.3 Å². The monoisotopic (exact) mass is 283 g/mol. The van der Waals surface area contributed by atoms with Crippen molar-refractivity contribution in [3.8, 4) is 6.07 Å². The predicted molar refractivity (Wildman–Crippen MR) is 75.4 cm³/mol. The summed E-state index contributed by atoms with van der Waals surface area (Å²) in [5, 5.41) is 14.0. The highest BCUT2D eigenvalue weighted by molar-refractivity contribution is 5.93. The van der Waals surface area contributed by atoms with Gasteiger partial charge in [-0.05, 0) is 30.3 Å². The SMILES string of the molecule is N#Cc1cccc(NC(=O)CCNC(=O)c2ccco2)c1. The van der Waals surface area contributed by atoms with Gasteiger partial charge in [-0.2, -0.15) is 5.26 Å². The predicted octanol–water partition coefficient (Wildman–Crippen LogP) is 1.91. The van der Waals surface area contributed by atoms with Gasteiger partial charge < -0.3 is 15.1 Å². The summed E-state index contributed by atoms with van der Waals surface area (Å²) in [6.45, 7) is 0.198. The molecule has 0 aliphatic heterocycles. The fraction of sp³-hybridized carbons (Fsp3) is 0.133. The number of benzene rings is 1. The lowest BCUT2D eigenvalue weighted by Crippen LogP contribution is -2.27. The summed E-state index contributed by atoms with van der Waals surface area (Å²) in [6, 6.07) is 11.8. The molecule has 0 saturated heterocycles. The molecule has 2 N–H and O–H groups in total. The molecule has 0 fully saturated rings. The largest absolute Gasteiger partial charge is 0.459 e. The number of nitriles is 1. The number of carbonyl (C=O) groups excluding carboxylic acids is 2. The maximum Gasteiger partial charge on any atom is 0.286 e. The van der Waals surface area contributed by atoms with E-state index < -0.39 is 0 Å². The first kappa shape index (κ1) is 14.3. The van der Waals surface area contributed by atoms with E-state index in [-0.39, 0.29) is 30.5 Å². The van der Waals surface area contributed by atoms with E-state index in [1.165, 1.54) is 6.26 Å². The molecule has 0 bridgehead atoms. The van der Waals surface area contributed by atoms with Gasteiger partial charge in [-0.25, -0.2) is 0 Å². The molecule has 0 atom stereocenters. The van der Waals surface area contributed by atoms with Gasteiger partial charge in [0.2, 0.25) is 5.91 Å². The van der Waals surface area contributed by atoms with Crippen molar-refractivity contribution in [1.82, 2.24) is 5.32 Å². The quantitative estimate of drug-likeness (QED) is 0.876. The van der Waals surface area contributed by atoms with Crippen molar-refractivity contribution in [2.45, 2.75) is 6.42 Å². The Balaban J connectivity index is 1.77. The van der Waals surface area contributed by atoms with Gasteiger partial charge in [0.15, 0.2) is 5.76 Å². The summed E-state index contributed by atoms with van der Waals surface area (Å²) in [5.74, 6) is -0.402. The Kier molecular flexibility index (Phi) is 4.72. The number of carbonyl (C=O) groups is 2. The lowest BCUT2D eigenvalue weighted by atomic mass is 10.2. The lowest BCUT2D eigenvalue weighted by molar-refractivity contribution is -0.116. The first-order valence-corrected chi connectivity index (χ1v) is 6.31. The summed E-state index contributed by atoms with van der Waals surface area (Å²) in [5.41, 5.74) is 1.02. The number of hydrogen-bond donors (Lipinski definition) is 2. The molecule has 6 nitrogen and oxygen atoms in total. The number of anilines is 1. The number of furan rings is 1. The van der Waals surface area contributed by atoms with Crippen molar-refractivity contribution in [2.75, 3.05) is 11.9 Å². The lowest BCUT2D eigenvalue weighted by Gasteiger charge is -2.06. The maximum atomic E-state index is 11.7. The van der Waals surface area contributed by atoms with E-state index in [2.05, 4.69) is 10.6 Å². The number of amides is 2. The molecule has 2 amide bonds. The minimum absolute atomic E-state index is 0.128. The van der Waals surface area contributed by atoms with E-state index in [1.54, 1.807) is 36.4 Å². The van der Waals surface area contributed by atoms with E-state index in [9.17, 15) is 9.59 Å². The number of nitrogens with one attached hydrogen (secondary N) is 2. The molecule has 2 rings (SSSR count). The second-order valence-electron chi connectivity index (χ2n) is 4.22. The highest BCUT2D eigenvalue weighted by Crippen LogP contribution is 2.09. The molecule has 0 unspecified atom stereocenters. The fourth-order valence-corrected chi connectivity index (χ4v) is 1.67. The molecular formula is C15H13N3O3. The number of hydrogen-bond acceptors (Lipinski definition) is 4. The highest BCUT2D eigenvalue weighted by Gasteiger charge is 2.09. The average molecular weight is 283 g/mol. The zero-order chi connectivity index (χ0) is 15.1. The third kappa shape index (κ3) is 4.21. The van der Waals surface area contributed by atoms with Gasteiger partial charge in [-0.3, -0.25) is 9.59 Å². The minimum Gasteiger partial charge on any atom is -0.459 e. The molecule has 6 heteroatoms. The van der Waals surface area contributed by atoms with Crippen LogP contribution in [0.3, 0.4) is 0 Å². The summed E-state index contributed by atoms with van der Waals surface area (Å²) in [6.07, 6.45) is 1.53. The van der Waals surface area contributed by atoms with Crippen LogP contribution in [0.25, 0.3) is 0 Å². The topological polar surface area (TPSA) is 95.1 Å². The number of nitrogens with zero attached hydrogens (tertiary/aromatic N) is 1.